The van der Waals surface area contributed by atoms with E-state index in [1.165, 1.54) is 0 Å². The Morgan fingerprint density at radius 2 is 0.500 bits per heavy atom. The fraction of sp³-hybridized carbons (Fsp3) is 0. The maximum absolute atomic E-state index is 8.52. The predicted octanol–water partition coefficient (Wildman–Crippen LogP) is -7.50. The van der Waals surface area contributed by atoms with Gasteiger partial charge in [0.05, 0.1) is 0 Å². The Hall–Kier alpha value is 2.46. The van der Waals surface area contributed by atoms with Gasteiger partial charge in [-0.15, -0.1) is 0 Å². The van der Waals surface area contributed by atoms with E-state index >= 15 is 0 Å². The molecule has 0 fully saturated rings. The Balaban J connectivity index is -0.0000000270. The second-order valence-electron chi connectivity index (χ2n) is 0.567. The Bertz CT molecular complexity index is 116. The monoisotopic (exact) mass is 399 g/mol. The van der Waals surface area contributed by atoms with Crippen LogP contribution in [0.5, 0.6) is 0 Å². The van der Waals surface area contributed by atoms with Crippen LogP contribution in [-0.4, -0.2) is 0 Å². The zero-order chi connectivity index (χ0) is 10.7. The van der Waals surface area contributed by atoms with Crippen LogP contribution in [0.2, 0.25) is 0 Å². The van der Waals surface area contributed by atoms with Crippen molar-refractivity contribution >= 4 is 0 Å². The quantitative estimate of drug-likeness (QED) is 0.356. The van der Waals surface area contributed by atoms with Gasteiger partial charge in [0.2, 0.25) is 0 Å². The molecule has 0 unspecified atom stereocenters. The molecule has 81 valence electrons. The summed E-state index contributed by atoms with van der Waals surface area (Å²) >= 11 is -10.9. The summed E-state index contributed by atoms with van der Waals surface area (Å²) in [5, 5.41) is 0. The molecule has 0 aliphatic rings. The van der Waals surface area contributed by atoms with E-state index < -0.39 is 43.5 Å². The van der Waals surface area contributed by atoms with Crippen molar-refractivity contribution in [3.05, 3.63) is 0 Å². The maximum atomic E-state index is 8.52. The van der Waals surface area contributed by atoms with Gasteiger partial charge in [-0.3, -0.25) is 0 Å². The summed E-state index contributed by atoms with van der Waals surface area (Å²) in [5.74, 6) is 0. The van der Waals surface area contributed by atoms with Crippen LogP contribution >= 0.6 is 0 Å². The summed E-state index contributed by atoms with van der Waals surface area (Å²) in [6.07, 6.45) is 0. The molecule has 0 aromatic heterocycles. The molecule has 14 heteroatoms. The Kier molecular flexibility index (Phi) is 52.7. The van der Waals surface area contributed by atoms with Crippen molar-refractivity contribution in [3.8, 4) is 0 Å². The van der Waals surface area contributed by atoms with E-state index in [9.17, 15) is 0 Å². The zero-order valence-corrected chi connectivity index (χ0v) is 13.1. The van der Waals surface area contributed by atoms with E-state index in [4.69, 9.17) is 36.6 Å². The standard InChI is InChI=1S/3Mn.9O.2Sc/q;;;;;;6*-1;2*+3. The van der Waals surface area contributed by atoms with Crippen molar-refractivity contribution in [3.63, 3.8) is 0 Å². The van der Waals surface area contributed by atoms with Crippen LogP contribution < -0.4 is 25.1 Å². The number of rotatable bonds is 0. The normalized spacial score (nSPS) is 7.50. The molecule has 0 heterocycles. The van der Waals surface area contributed by atoms with Crippen molar-refractivity contribution in [2.24, 2.45) is 0 Å². The Labute approximate surface area is 130 Å². The van der Waals surface area contributed by atoms with Gasteiger partial charge in [-0.05, 0) is 0 Å². The molecular formula is Mn3O9Sc2. The molecule has 0 bridgehead atoms. The van der Waals surface area contributed by atoms with E-state index in [0.717, 1.165) is 0 Å². The van der Waals surface area contributed by atoms with Crippen LogP contribution in [0.3, 0.4) is 0 Å². The first-order valence-corrected chi connectivity index (χ1v) is 5.73. The zero-order valence-electron chi connectivity index (χ0n) is 5.96. The molecule has 0 rings (SSSR count). The van der Waals surface area contributed by atoms with Gasteiger partial charge in [-0.2, -0.15) is 0 Å². The molecule has 0 aromatic rings. The van der Waals surface area contributed by atoms with E-state index in [2.05, 4.69) is 0 Å². The average Bonchev–Trinajstić information content (AvgIpc) is 1.54. The maximum Gasteiger partial charge on any atom is 3.00 e. The van der Waals surface area contributed by atoms with E-state index in [0.29, 0.717) is 0 Å². The van der Waals surface area contributed by atoms with Gasteiger partial charge in [0.15, 0.2) is 0 Å². The largest absolute Gasteiger partial charge is 3.00 e. The molecule has 0 spiro atoms. The summed E-state index contributed by atoms with van der Waals surface area (Å²) < 4.78 is 76.7. The second kappa shape index (κ2) is 24.6. The van der Waals surface area contributed by atoms with Gasteiger partial charge in [0, 0.05) is 0 Å². The summed E-state index contributed by atoms with van der Waals surface area (Å²) in [5.41, 5.74) is 0. The van der Waals surface area contributed by atoms with E-state index in [1.807, 2.05) is 0 Å². The molecule has 0 saturated carbocycles. The minimum Gasteiger partial charge on any atom is 3.00 e. The van der Waals surface area contributed by atoms with Crippen LogP contribution in [-0.2, 0) is 107 Å². The van der Waals surface area contributed by atoms with Gasteiger partial charge in [-0.1, -0.05) is 0 Å². The first-order valence-electron chi connectivity index (χ1n) is 1.39. The average molecular weight is 399 g/mol. The number of hydrogen-bond donors (Lipinski definition) is 0. The third-order valence-corrected chi connectivity index (χ3v) is 0. The predicted molar refractivity (Wildman–Crippen MR) is 2.06 cm³/mol. The van der Waals surface area contributed by atoms with Crippen LogP contribution in [0, 0.1) is 0 Å². The van der Waals surface area contributed by atoms with E-state index in [1.54, 1.807) is 0 Å². The second-order valence-corrected chi connectivity index (χ2v) is 2.34. The summed E-state index contributed by atoms with van der Waals surface area (Å²) in [7, 11) is 0. The minimum absolute atomic E-state index is 0. The summed E-state index contributed by atoms with van der Waals surface area (Å²) in [4.78, 5) is 0. The van der Waals surface area contributed by atoms with Crippen LogP contribution in [0.25, 0.3) is 0 Å². The fourth-order valence-electron chi connectivity index (χ4n) is 0. The van der Waals surface area contributed by atoms with Crippen molar-refractivity contribution in [1.29, 1.82) is 0 Å². The molecule has 0 aliphatic carbocycles. The van der Waals surface area contributed by atoms with Crippen molar-refractivity contribution in [1.82, 2.24) is 0 Å². The molecule has 0 aromatic carbocycles. The van der Waals surface area contributed by atoms with Crippen LogP contribution in [0.15, 0.2) is 0 Å². The van der Waals surface area contributed by atoms with Crippen LogP contribution in [0.4, 0.5) is 0 Å². The van der Waals surface area contributed by atoms with Gasteiger partial charge in [-0.25, -0.2) is 0 Å². The molecule has 0 aliphatic heterocycles. The molecule has 14 heavy (non-hydrogen) atoms. The molecule has 0 radical (unpaired) electrons. The van der Waals surface area contributed by atoms with Gasteiger partial charge < -0.3 is 0 Å². The first kappa shape index (κ1) is 30.0. The van der Waals surface area contributed by atoms with Gasteiger partial charge in [0.1, 0.15) is 0 Å². The Morgan fingerprint density at radius 3 is 0.500 bits per heavy atom. The summed E-state index contributed by atoms with van der Waals surface area (Å²) in [6, 6.07) is 0. The third kappa shape index (κ3) is 433. The Morgan fingerprint density at radius 1 is 0.500 bits per heavy atom. The minimum atomic E-state index is -3.65. The molecule has 0 saturated heterocycles. The van der Waals surface area contributed by atoms with Crippen molar-refractivity contribution in [2.75, 3.05) is 0 Å². The van der Waals surface area contributed by atoms with E-state index in [-0.39, 0.29) is 51.7 Å². The SMILES string of the molecule is [O]=[Mn]([O-])[O-].[O]=[Mn]([O-])[O-].[O]=[Mn]([O-])[O-].[Sc+3].[Sc+3]. The van der Waals surface area contributed by atoms with Gasteiger partial charge >= 0.3 is 132 Å². The molecule has 9 nitrogen and oxygen atoms in total. The first-order chi connectivity index (χ1) is 5.20. The smallest absolute Gasteiger partial charge is 3.00 e. The molecule has 0 N–H and O–H groups in total. The summed E-state index contributed by atoms with van der Waals surface area (Å²) in [6.45, 7) is 0. The van der Waals surface area contributed by atoms with Crippen LogP contribution in [0.1, 0.15) is 0 Å². The number of hydrogen-bond acceptors (Lipinski definition) is 9. The third-order valence-electron chi connectivity index (χ3n) is 0. The fourth-order valence-corrected chi connectivity index (χ4v) is 0. The topological polar surface area (TPSA) is 190 Å². The van der Waals surface area contributed by atoms with Gasteiger partial charge in [0.25, 0.3) is 0 Å². The molecular weight excluding hydrogens is 399 g/mol. The van der Waals surface area contributed by atoms with Crippen molar-refractivity contribution < 1.29 is 132 Å². The molecule has 0 atom stereocenters. The molecule has 0 amide bonds. The van der Waals surface area contributed by atoms with Crippen molar-refractivity contribution in [2.45, 2.75) is 0 Å².